The van der Waals surface area contributed by atoms with Crippen molar-refractivity contribution in [2.45, 2.75) is 13.3 Å². The Balaban J connectivity index is 2.56. The van der Waals surface area contributed by atoms with Crippen LogP contribution in [0.4, 0.5) is 0 Å². The van der Waals surface area contributed by atoms with E-state index in [0.29, 0.717) is 19.0 Å². The summed E-state index contributed by atoms with van der Waals surface area (Å²) < 4.78 is 0. The molecule has 0 aliphatic carbocycles. The largest absolute Gasteiger partial charge is 0.354 e. The van der Waals surface area contributed by atoms with Gasteiger partial charge in [-0.15, -0.1) is 11.6 Å². The van der Waals surface area contributed by atoms with Gasteiger partial charge in [0.15, 0.2) is 0 Å². The van der Waals surface area contributed by atoms with Gasteiger partial charge in [-0.3, -0.25) is 9.59 Å². The minimum absolute atomic E-state index is 0.0305. The smallest absolute Gasteiger partial charge is 0.239 e. The van der Waals surface area contributed by atoms with Gasteiger partial charge in [0, 0.05) is 24.9 Å². The Morgan fingerprint density at radius 1 is 1.71 bits per heavy atom. The molecule has 1 unspecified atom stereocenters. The highest BCUT2D eigenvalue weighted by molar-refractivity contribution is 6.19. The molecule has 0 aromatic carbocycles. The zero-order valence-electron chi connectivity index (χ0n) is 8.25. The number of alkyl halides is 1. The van der Waals surface area contributed by atoms with Crippen LogP contribution in [0.3, 0.4) is 0 Å². The Bertz CT molecular complexity index is 233. The van der Waals surface area contributed by atoms with Crippen molar-refractivity contribution in [2.75, 3.05) is 25.5 Å². The van der Waals surface area contributed by atoms with Gasteiger partial charge >= 0.3 is 0 Å². The summed E-state index contributed by atoms with van der Waals surface area (Å²) in [6.45, 7) is 3.23. The lowest BCUT2D eigenvalue weighted by Gasteiger charge is -2.21. The molecule has 1 saturated heterocycles. The third-order valence-electron chi connectivity index (χ3n) is 2.23. The van der Waals surface area contributed by atoms with Crippen molar-refractivity contribution in [3.05, 3.63) is 0 Å². The van der Waals surface area contributed by atoms with Crippen molar-refractivity contribution < 1.29 is 9.59 Å². The van der Waals surface area contributed by atoms with Gasteiger partial charge in [-0.2, -0.15) is 0 Å². The van der Waals surface area contributed by atoms with Gasteiger partial charge in [0.1, 0.15) is 0 Å². The number of nitrogens with zero attached hydrogens (tertiary/aromatic N) is 1. The maximum atomic E-state index is 11.7. The minimum atomic E-state index is -0.206. The van der Waals surface area contributed by atoms with Crippen molar-refractivity contribution in [3.63, 3.8) is 0 Å². The molecular weight excluding hydrogens is 204 g/mol. The van der Waals surface area contributed by atoms with Crippen molar-refractivity contribution >= 4 is 23.4 Å². The predicted octanol–water partition coefficient (Wildman–Crippen LogP) is 0.210. The fourth-order valence-electron chi connectivity index (χ4n) is 1.37. The molecule has 2 amide bonds. The highest BCUT2D eigenvalue weighted by Gasteiger charge is 2.23. The van der Waals surface area contributed by atoms with Crippen LogP contribution in [0, 0.1) is 5.92 Å². The van der Waals surface area contributed by atoms with Gasteiger partial charge in [-0.05, 0) is 6.42 Å². The Morgan fingerprint density at radius 2 is 2.43 bits per heavy atom. The Morgan fingerprint density at radius 3 is 3.07 bits per heavy atom. The maximum Gasteiger partial charge on any atom is 0.239 e. The lowest BCUT2D eigenvalue weighted by Crippen LogP contribution is -2.40. The third-order valence-corrected chi connectivity index (χ3v) is 2.69. The van der Waals surface area contributed by atoms with Crippen molar-refractivity contribution in [3.8, 4) is 0 Å². The van der Waals surface area contributed by atoms with Crippen molar-refractivity contribution in [1.82, 2.24) is 10.2 Å². The summed E-state index contributed by atoms with van der Waals surface area (Å²) in [7, 11) is 0. The molecule has 0 aromatic rings. The molecule has 0 saturated carbocycles. The molecule has 1 heterocycles. The molecule has 5 heteroatoms. The van der Waals surface area contributed by atoms with E-state index in [1.165, 1.54) is 0 Å². The fourth-order valence-corrected chi connectivity index (χ4v) is 1.50. The first-order valence-electron chi connectivity index (χ1n) is 4.76. The topological polar surface area (TPSA) is 49.4 Å². The first-order valence-corrected chi connectivity index (χ1v) is 5.30. The molecule has 4 nitrogen and oxygen atoms in total. The number of carbonyl (C=O) groups is 2. The van der Waals surface area contributed by atoms with E-state index in [1.807, 2.05) is 0 Å². The van der Waals surface area contributed by atoms with E-state index in [-0.39, 0.29) is 24.3 Å². The van der Waals surface area contributed by atoms with E-state index < -0.39 is 0 Å². The Kier molecular flexibility index (Phi) is 4.20. The number of hydrogen-bond donors (Lipinski definition) is 1. The highest BCUT2D eigenvalue weighted by Crippen LogP contribution is 2.06. The van der Waals surface area contributed by atoms with E-state index in [9.17, 15) is 9.59 Å². The van der Waals surface area contributed by atoms with Gasteiger partial charge in [0.05, 0.1) is 6.54 Å². The average Bonchev–Trinajstić information content (AvgIpc) is 2.40. The minimum Gasteiger partial charge on any atom is -0.354 e. The van der Waals surface area contributed by atoms with Crippen LogP contribution in [0.2, 0.25) is 0 Å². The molecule has 1 aliphatic rings. The summed E-state index contributed by atoms with van der Waals surface area (Å²) in [5.74, 6) is -0.0195. The molecule has 0 aromatic heterocycles. The lowest BCUT2D eigenvalue weighted by molar-refractivity contribution is -0.137. The third kappa shape index (κ3) is 2.87. The number of rotatable bonds is 2. The van der Waals surface area contributed by atoms with Crippen LogP contribution in [0.15, 0.2) is 0 Å². The molecule has 80 valence electrons. The Hall–Kier alpha value is -0.770. The van der Waals surface area contributed by atoms with Gasteiger partial charge in [-0.25, -0.2) is 0 Å². The van der Waals surface area contributed by atoms with Crippen molar-refractivity contribution in [1.29, 1.82) is 0 Å². The zero-order valence-corrected chi connectivity index (χ0v) is 9.01. The van der Waals surface area contributed by atoms with E-state index in [1.54, 1.807) is 11.8 Å². The van der Waals surface area contributed by atoms with Gasteiger partial charge < -0.3 is 10.2 Å². The van der Waals surface area contributed by atoms with Crippen LogP contribution < -0.4 is 5.32 Å². The van der Waals surface area contributed by atoms with Crippen LogP contribution in [0.1, 0.15) is 13.3 Å². The molecule has 0 spiro atoms. The van der Waals surface area contributed by atoms with E-state index in [4.69, 9.17) is 11.6 Å². The normalized spacial score (nSPS) is 19.9. The molecule has 1 rings (SSSR count). The summed E-state index contributed by atoms with van der Waals surface area (Å²) in [4.78, 5) is 24.4. The average molecular weight is 219 g/mol. The first-order chi connectivity index (χ1) is 6.65. The van der Waals surface area contributed by atoms with Crippen molar-refractivity contribution in [2.24, 2.45) is 5.92 Å². The highest BCUT2D eigenvalue weighted by atomic mass is 35.5. The van der Waals surface area contributed by atoms with Crippen LogP contribution in [-0.4, -0.2) is 42.2 Å². The summed E-state index contributed by atoms with van der Waals surface area (Å²) in [5.41, 5.74) is 0. The molecule has 1 N–H and O–H groups in total. The molecule has 0 radical (unpaired) electrons. The lowest BCUT2D eigenvalue weighted by atomic mass is 10.2. The fraction of sp³-hybridized carbons (Fsp3) is 0.778. The van der Waals surface area contributed by atoms with Crippen LogP contribution >= 0.6 is 11.6 Å². The summed E-state index contributed by atoms with van der Waals surface area (Å²) in [5, 5.41) is 2.72. The molecule has 0 bridgehead atoms. The van der Waals surface area contributed by atoms with Gasteiger partial charge in [0.2, 0.25) is 11.8 Å². The van der Waals surface area contributed by atoms with Gasteiger partial charge in [0.25, 0.3) is 0 Å². The summed E-state index contributed by atoms with van der Waals surface area (Å²) in [6.07, 6.45) is 0.812. The maximum absolute atomic E-state index is 11.7. The molecule has 14 heavy (non-hydrogen) atoms. The quantitative estimate of drug-likeness (QED) is 0.674. The molecular formula is C9H15ClN2O2. The number of hydrogen-bond acceptors (Lipinski definition) is 2. The number of nitrogens with one attached hydrogen (secondary N) is 1. The van der Waals surface area contributed by atoms with Crippen LogP contribution in [-0.2, 0) is 9.59 Å². The van der Waals surface area contributed by atoms with E-state index >= 15 is 0 Å². The van der Waals surface area contributed by atoms with Gasteiger partial charge in [-0.1, -0.05) is 6.92 Å². The van der Waals surface area contributed by atoms with E-state index in [2.05, 4.69) is 5.32 Å². The number of amides is 2. The van der Waals surface area contributed by atoms with Crippen LogP contribution in [0.25, 0.3) is 0 Å². The monoisotopic (exact) mass is 218 g/mol. The number of carbonyl (C=O) groups excluding carboxylic acids is 2. The van der Waals surface area contributed by atoms with E-state index in [0.717, 1.165) is 6.42 Å². The molecule has 1 aliphatic heterocycles. The second-order valence-electron chi connectivity index (χ2n) is 3.52. The molecule has 1 atom stereocenters. The van der Waals surface area contributed by atoms with Crippen LogP contribution in [0.5, 0.6) is 0 Å². The second kappa shape index (κ2) is 5.20. The number of halogens is 1. The molecule has 1 fully saturated rings. The Labute approximate surface area is 88.6 Å². The SMILES string of the molecule is CC(CCl)C(=O)N1CCCNC(=O)C1. The zero-order chi connectivity index (χ0) is 10.6. The predicted molar refractivity (Wildman–Crippen MR) is 54.1 cm³/mol. The first kappa shape index (κ1) is 11.3. The standard InChI is InChI=1S/C9H15ClN2O2/c1-7(5-10)9(14)12-4-2-3-11-8(13)6-12/h7H,2-6H2,1H3,(H,11,13). The summed E-state index contributed by atoms with van der Waals surface area (Å²) >= 11 is 5.60. The summed E-state index contributed by atoms with van der Waals surface area (Å²) in [6, 6.07) is 0. The second-order valence-corrected chi connectivity index (χ2v) is 3.83.